The van der Waals surface area contributed by atoms with Crippen LogP contribution in [0.5, 0.6) is 0 Å². The van der Waals surface area contributed by atoms with Gasteiger partial charge in [0.25, 0.3) is 0 Å². The van der Waals surface area contributed by atoms with Gasteiger partial charge in [-0.15, -0.1) is 0 Å². The van der Waals surface area contributed by atoms with Gasteiger partial charge in [0, 0.05) is 0 Å². The van der Waals surface area contributed by atoms with Crippen molar-refractivity contribution in [3.05, 3.63) is 0 Å². The van der Waals surface area contributed by atoms with Gasteiger partial charge in [0.1, 0.15) is 0 Å². The molecule has 1 radical (unpaired) electrons. The van der Waals surface area contributed by atoms with Gasteiger partial charge in [-0.3, -0.25) is 0 Å². The van der Waals surface area contributed by atoms with Gasteiger partial charge in [-0.1, -0.05) is 0 Å². The molecule has 0 amide bonds. The molecular weight excluding hydrogens is 175 g/mol. The first-order chi connectivity index (χ1) is 3.42. The van der Waals surface area contributed by atoms with Crippen LogP contribution in [0.15, 0.2) is 0 Å². The Morgan fingerprint density at radius 1 is 1.75 bits per heavy atom. The van der Waals surface area contributed by atoms with Gasteiger partial charge in [0.05, 0.1) is 0 Å². The van der Waals surface area contributed by atoms with Crippen LogP contribution in [-0.4, -0.2) is 28.4 Å². The molecule has 0 heterocycles. The van der Waals surface area contributed by atoms with Crippen LogP contribution in [0, 0.1) is 0 Å². The maximum atomic E-state index is 9.63. The molecule has 49 valence electrons. The fraction of sp³-hybridized carbons (Fsp3) is 0.667. The van der Waals surface area contributed by atoms with E-state index in [-0.39, 0.29) is 0 Å². The van der Waals surface area contributed by atoms with E-state index < -0.39 is 25.4 Å². The van der Waals surface area contributed by atoms with E-state index in [2.05, 4.69) is 0 Å². The third kappa shape index (κ3) is 5.95. The first-order valence-corrected chi connectivity index (χ1v) is 6.81. The maximum absolute atomic E-state index is 9.63. The number of carboxylic acids is 1. The predicted octanol–water partition coefficient (Wildman–Crippen LogP) is -2.21. The van der Waals surface area contributed by atoms with E-state index in [1.54, 1.807) is 0 Å². The molecule has 0 bridgehead atoms. The normalized spacial score (nSPS) is 11.4. The number of carbonyl (C=O) groups excluding carboxylic acids is 1. The third-order valence-corrected chi connectivity index (χ3v) is 2.23. The van der Waals surface area contributed by atoms with E-state index in [0.717, 1.165) is 5.71 Å². The minimum atomic E-state index is -3.68. The van der Waals surface area contributed by atoms with E-state index in [1.165, 1.54) is 0 Å². The van der Waals surface area contributed by atoms with Gasteiger partial charge in [0.2, 0.25) is 0 Å². The Kier molecular flexibility index (Phi) is 2.47. The summed E-state index contributed by atoms with van der Waals surface area (Å²) in [5.74, 6) is -1.40. The van der Waals surface area contributed by atoms with Gasteiger partial charge in [-0.25, -0.2) is 0 Å². The van der Waals surface area contributed by atoms with Crippen molar-refractivity contribution in [1.82, 2.24) is 0 Å². The summed E-state index contributed by atoms with van der Waals surface area (Å²) in [6.45, 7) is 0. The summed E-state index contributed by atoms with van der Waals surface area (Å²) in [7, 11) is 0. The van der Waals surface area contributed by atoms with Crippen LogP contribution < -0.4 is 5.11 Å². The molecule has 8 heavy (non-hydrogen) atoms. The number of hydrogen-bond acceptors (Lipinski definition) is 4. The molecule has 2 N–H and O–H groups in total. The molecule has 0 fully saturated rings. The van der Waals surface area contributed by atoms with Gasteiger partial charge < -0.3 is 0 Å². The minimum absolute atomic E-state index is 0.585. The molecule has 0 spiro atoms. The summed E-state index contributed by atoms with van der Waals surface area (Å²) in [4.78, 5) is 9.63. The fourth-order valence-corrected chi connectivity index (χ4v) is 1.27. The number of carbonyl (C=O) groups is 1. The average Bonchev–Trinajstić information content (AvgIpc) is 1.21. The van der Waals surface area contributed by atoms with Crippen molar-refractivity contribution in [1.29, 1.82) is 0 Å². The summed E-state index contributed by atoms with van der Waals surface area (Å²) in [6, 6.07) is 0. The van der Waals surface area contributed by atoms with Crippen LogP contribution in [-0.2, 0) is 4.79 Å². The van der Waals surface area contributed by atoms with Gasteiger partial charge in [-0.05, 0) is 0 Å². The Bertz CT molecular complexity index is 93.9. The predicted molar refractivity (Wildman–Crippen MR) is 25.9 cm³/mol. The summed E-state index contributed by atoms with van der Waals surface area (Å²) in [6.07, 6.45) is 0. The van der Waals surface area contributed by atoms with Crippen LogP contribution in [0.1, 0.15) is 0 Å². The van der Waals surface area contributed by atoms with E-state index >= 15 is 0 Å². The van der Waals surface area contributed by atoms with Crippen LogP contribution >= 0.6 is 0 Å². The van der Waals surface area contributed by atoms with Crippen molar-refractivity contribution < 1.29 is 18.1 Å². The van der Waals surface area contributed by atoms with Gasteiger partial charge >= 0.3 is 49.2 Å². The first-order valence-electron chi connectivity index (χ1n) is 1.93. The number of aliphatic carboxylic acids is 1. The number of rotatable bonds is 2. The molecule has 0 aliphatic rings. The standard InChI is InChI=1S/C3H8AsO4/c1-4(7,8)2-3(5)6/h7-8H,2H2,1H3,(H,5,6)/p-1. The number of hydrogen-bond donors (Lipinski definition) is 2. The quantitative estimate of drug-likeness (QED) is 0.474. The topological polar surface area (TPSA) is 80.6 Å². The first kappa shape index (κ1) is 7.95. The Balaban J connectivity index is 3.55. The average molecular weight is 182 g/mol. The van der Waals surface area contributed by atoms with Crippen molar-refractivity contribution in [2.24, 2.45) is 0 Å². The molecule has 0 atom stereocenters. The summed E-state index contributed by atoms with van der Waals surface area (Å²) < 4.78 is 17.0. The molecular formula is C3H7AsO4-. The summed E-state index contributed by atoms with van der Waals surface area (Å²) in [5, 5.41) is 9.04. The second kappa shape index (κ2) is 2.48. The Morgan fingerprint density at radius 3 is 2.12 bits per heavy atom. The molecule has 5 heteroatoms. The molecule has 4 nitrogen and oxygen atoms in total. The van der Waals surface area contributed by atoms with Crippen LogP contribution in [0.3, 0.4) is 0 Å². The van der Waals surface area contributed by atoms with Gasteiger partial charge in [0.15, 0.2) is 0 Å². The van der Waals surface area contributed by atoms with Crippen LogP contribution in [0.4, 0.5) is 0 Å². The fourth-order valence-electron chi connectivity index (χ4n) is 0.245. The molecule has 0 aliphatic heterocycles. The van der Waals surface area contributed by atoms with E-state index in [9.17, 15) is 9.90 Å². The zero-order chi connectivity index (χ0) is 6.78. The Morgan fingerprint density at radius 2 is 2.12 bits per heavy atom. The molecule has 0 aliphatic carbocycles. The summed E-state index contributed by atoms with van der Waals surface area (Å²) in [5.41, 5.74) is 1.15. The second-order valence-electron chi connectivity index (χ2n) is 1.62. The zero-order valence-electron chi connectivity index (χ0n) is 4.37. The van der Waals surface area contributed by atoms with Crippen molar-refractivity contribution >= 4 is 20.2 Å². The Labute approximate surface area is 49.9 Å². The second-order valence-corrected chi connectivity index (χ2v) is 6.85. The van der Waals surface area contributed by atoms with E-state index in [4.69, 9.17) is 8.19 Å². The molecule has 0 aromatic carbocycles. The SMILES string of the molecule is C[As](O)(O)CC(=O)[O-]. The van der Waals surface area contributed by atoms with Crippen molar-refractivity contribution in [3.63, 3.8) is 0 Å². The van der Waals surface area contributed by atoms with Crippen molar-refractivity contribution in [2.45, 2.75) is 10.9 Å². The molecule has 0 unspecified atom stereocenters. The van der Waals surface area contributed by atoms with E-state index in [1.807, 2.05) is 0 Å². The van der Waals surface area contributed by atoms with Crippen molar-refractivity contribution in [3.8, 4) is 0 Å². The zero-order valence-corrected chi connectivity index (χ0v) is 6.24. The monoisotopic (exact) mass is 182 g/mol. The molecule has 0 saturated carbocycles. The molecule has 0 aromatic rings. The third-order valence-electron chi connectivity index (χ3n) is 0.429. The molecule has 0 rings (SSSR count). The van der Waals surface area contributed by atoms with E-state index in [0.29, 0.717) is 0 Å². The Hall–Kier alpha value is -0.0516. The summed E-state index contributed by atoms with van der Waals surface area (Å²) >= 11 is -3.68. The van der Waals surface area contributed by atoms with Crippen LogP contribution in [0.2, 0.25) is 10.9 Å². The van der Waals surface area contributed by atoms with Crippen molar-refractivity contribution in [2.75, 3.05) is 0 Å². The number of carboxylic acid groups (broad SMARTS) is 1. The van der Waals surface area contributed by atoms with Crippen LogP contribution in [0.25, 0.3) is 0 Å². The molecule has 0 aromatic heterocycles. The van der Waals surface area contributed by atoms with Gasteiger partial charge in [-0.2, -0.15) is 0 Å². The molecule has 0 saturated heterocycles.